The van der Waals surface area contributed by atoms with Crippen molar-refractivity contribution in [1.29, 1.82) is 0 Å². The van der Waals surface area contributed by atoms with Crippen LogP contribution in [0.2, 0.25) is 5.02 Å². The van der Waals surface area contributed by atoms with E-state index in [1.807, 2.05) is 26.0 Å². The van der Waals surface area contributed by atoms with Crippen LogP contribution in [-0.4, -0.2) is 46.9 Å². The van der Waals surface area contributed by atoms with Gasteiger partial charge in [0.05, 0.1) is 11.5 Å². The quantitative estimate of drug-likeness (QED) is 0.554. The molecule has 7 nitrogen and oxygen atoms in total. The fourth-order valence-electron chi connectivity index (χ4n) is 4.63. The van der Waals surface area contributed by atoms with E-state index in [9.17, 15) is 19.5 Å². The number of benzene rings is 2. The van der Waals surface area contributed by atoms with Crippen molar-refractivity contribution in [3.63, 3.8) is 0 Å². The normalized spacial score (nSPS) is 21.1. The van der Waals surface area contributed by atoms with Gasteiger partial charge in [-0.25, -0.2) is 0 Å². The van der Waals surface area contributed by atoms with Crippen molar-refractivity contribution in [3.05, 3.63) is 64.7 Å². The van der Waals surface area contributed by atoms with Crippen LogP contribution in [0.25, 0.3) is 0 Å². The van der Waals surface area contributed by atoms with Gasteiger partial charge in [0.2, 0.25) is 11.8 Å². The number of likely N-dealkylation sites (tertiary alicyclic amines) is 1. The number of aliphatic hydroxyl groups is 1. The fourth-order valence-corrected chi connectivity index (χ4v) is 4.76. The maximum Gasteiger partial charge on any atom is 0.251 e. The summed E-state index contributed by atoms with van der Waals surface area (Å²) < 4.78 is 0. The Morgan fingerprint density at radius 3 is 2.34 bits per heavy atom. The monoisotopic (exact) mass is 499 g/mol. The zero-order valence-electron chi connectivity index (χ0n) is 20.9. The molecule has 0 bridgehead atoms. The number of carbonyl (C=O) groups excluding carboxylic acids is 3. The summed E-state index contributed by atoms with van der Waals surface area (Å²) in [5.41, 5.74) is 0.0382. The third kappa shape index (κ3) is 5.85. The Balaban J connectivity index is 1.66. The first-order valence-corrected chi connectivity index (χ1v) is 12.2. The molecule has 8 heteroatoms. The summed E-state index contributed by atoms with van der Waals surface area (Å²) in [6.45, 7) is 9.71. The molecule has 0 spiro atoms. The average molecular weight is 500 g/mol. The minimum Gasteiger partial charge on any atom is -0.384 e. The van der Waals surface area contributed by atoms with Gasteiger partial charge >= 0.3 is 0 Å². The first-order chi connectivity index (χ1) is 16.3. The first kappa shape index (κ1) is 26.7. The van der Waals surface area contributed by atoms with Gasteiger partial charge in [0.1, 0.15) is 0 Å². The number of halogens is 1. The lowest BCUT2D eigenvalue weighted by Crippen LogP contribution is -2.58. The van der Waals surface area contributed by atoms with Gasteiger partial charge in [-0.05, 0) is 49.2 Å². The minimum absolute atomic E-state index is 0.0731. The molecule has 3 amide bonds. The van der Waals surface area contributed by atoms with Crippen molar-refractivity contribution in [3.8, 4) is 0 Å². The van der Waals surface area contributed by atoms with E-state index in [4.69, 9.17) is 11.6 Å². The van der Waals surface area contributed by atoms with Crippen molar-refractivity contribution in [2.24, 2.45) is 11.3 Å². The lowest BCUT2D eigenvalue weighted by Gasteiger charge is -2.51. The Kier molecular flexibility index (Phi) is 7.92. The highest BCUT2D eigenvalue weighted by molar-refractivity contribution is 6.30. The molecule has 1 heterocycles. The lowest BCUT2D eigenvalue weighted by molar-refractivity contribution is -0.156. The third-order valence-electron chi connectivity index (χ3n) is 7.03. The number of hydrogen-bond donors (Lipinski definition) is 3. The Bertz CT molecular complexity index is 1100. The molecule has 2 aromatic rings. The molecule has 0 aromatic heterocycles. The van der Waals surface area contributed by atoms with Gasteiger partial charge in [-0.3, -0.25) is 14.4 Å². The highest BCUT2D eigenvalue weighted by Gasteiger charge is 2.50. The van der Waals surface area contributed by atoms with Gasteiger partial charge in [0.15, 0.2) is 0 Å². The molecule has 0 radical (unpaired) electrons. The lowest BCUT2D eigenvalue weighted by atomic mass is 9.66. The second-order valence-corrected chi connectivity index (χ2v) is 10.5. The molecule has 188 valence electrons. The highest BCUT2D eigenvalue weighted by Crippen LogP contribution is 2.46. The molecule has 0 aliphatic carbocycles. The van der Waals surface area contributed by atoms with Crippen molar-refractivity contribution >= 4 is 35.0 Å². The summed E-state index contributed by atoms with van der Waals surface area (Å²) >= 11 is 6.02. The molecule has 1 unspecified atom stereocenters. The summed E-state index contributed by atoms with van der Waals surface area (Å²) in [5.74, 6) is -1.07. The van der Waals surface area contributed by atoms with Crippen LogP contribution in [-0.2, 0) is 15.2 Å². The molecular formula is C27H34ClN3O4. The van der Waals surface area contributed by atoms with E-state index in [2.05, 4.69) is 10.6 Å². The standard InChI is InChI=1S/C27H34ClN3O4/c1-17(18(2)29-24(33)20-7-6-8-23(15-20)30-19(3)32)25(34)31-14-13-27(35,26(4,5)16-31)21-9-11-22(28)12-10-21/h6-12,15,17-18,35H,13-14,16H2,1-5H3,(H,29,33)(H,30,32)/t17-,18?,27+/m1/s1. The van der Waals surface area contributed by atoms with E-state index in [1.165, 1.54) is 6.92 Å². The van der Waals surface area contributed by atoms with Gasteiger partial charge in [0, 0.05) is 47.7 Å². The smallest absolute Gasteiger partial charge is 0.251 e. The Hall–Kier alpha value is -2.90. The molecule has 1 fully saturated rings. The van der Waals surface area contributed by atoms with Gasteiger partial charge in [-0.2, -0.15) is 0 Å². The maximum absolute atomic E-state index is 13.3. The van der Waals surface area contributed by atoms with Crippen LogP contribution >= 0.6 is 11.6 Å². The highest BCUT2D eigenvalue weighted by atomic mass is 35.5. The summed E-state index contributed by atoms with van der Waals surface area (Å²) in [5, 5.41) is 17.7. The zero-order chi connectivity index (χ0) is 26.0. The zero-order valence-corrected chi connectivity index (χ0v) is 21.6. The minimum atomic E-state index is -1.09. The molecular weight excluding hydrogens is 466 g/mol. The van der Waals surface area contributed by atoms with Gasteiger partial charge in [0.25, 0.3) is 5.91 Å². The number of carbonyl (C=O) groups is 3. The molecule has 1 aliphatic rings. The predicted molar refractivity (Wildman–Crippen MR) is 137 cm³/mol. The number of hydrogen-bond acceptors (Lipinski definition) is 4. The predicted octanol–water partition coefficient (Wildman–Crippen LogP) is 4.20. The Morgan fingerprint density at radius 1 is 1.09 bits per heavy atom. The average Bonchev–Trinajstić information content (AvgIpc) is 2.79. The van der Waals surface area contributed by atoms with Crippen LogP contribution < -0.4 is 10.6 Å². The second kappa shape index (κ2) is 10.4. The van der Waals surface area contributed by atoms with Crippen molar-refractivity contribution in [2.75, 3.05) is 18.4 Å². The summed E-state index contributed by atoms with van der Waals surface area (Å²) in [6.07, 6.45) is 0.400. The maximum atomic E-state index is 13.3. The van der Waals surface area contributed by atoms with E-state index in [-0.39, 0.29) is 17.7 Å². The van der Waals surface area contributed by atoms with Crippen LogP contribution in [0.3, 0.4) is 0 Å². The molecule has 35 heavy (non-hydrogen) atoms. The molecule has 1 aliphatic heterocycles. The molecule has 3 N–H and O–H groups in total. The van der Waals surface area contributed by atoms with Crippen LogP contribution in [0.15, 0.2) is 48.5 Å². The summed E-state index contributed by atoms with van der Waals surface area (Å²) in [4.78, 5) is 39.2. The van der Waals surface area contributed by atoms with Crippen LogP contribution in [0.1, 0.15) is 57.0 Å². The second-order valence-electron chi connectivity index (χ2n) is 10.1. The van der Waals surface area contributed by atoms with Gasteiger partial charge < -0.3 is 20.6 Å². The van der Waals surface area contributed by atoms with E-state index >= 15 is 0 Å². The van der Waals surface area contributed by atoms with E-state index in [0.717, 1.165) is 5.56 Å². The van der Waals surface area contributed by atoms with Gasteiger partial charge in [-0.15, -0.1) is 0 Å². The van der Waals surface area contributed by atoms with E-state index in [1.54, 1.807) is 55.1 Å². The number of rotatable bonds is 6. The number of piperidine rings is 1. The van der Waals surface area contributed by atoms with Gasteiger partial charge in [-0.1, -0.05) is 50.6 Å². The molecule has 3 rings (SSSR count). The Morgan fingerprint density at radius 2 is 1.74 bits per heavy atom. The van der Waals surface area contributed by atoms with Crippen molar-refractivity contribution in [2.45, 2.75) is 52.7 Å². The molecule has 1 saturated heterocycles. The van der Waals surface area contributed by atoms with Crippen molar-refractivity contribution < 1.29 is 19.5 Å². The molecule has 3 atom stereocenters. The number of amides is 3. The molecule has 0 saturated carbocycles. The van der Waals surface area contributed by atoms with Crippen LogP contribution in [0.5, 0.6) is 0 Å². The van der Waals surface area contributed by atoms with Crippen LogP contribution in [0.4, 0.5) is 5.69 Å². The summed E-state index contributed by atoms with van der Waals surface area (Å²) in [6, 6.07) is 13.4. The fraction of sp³-hybridized carbons (Fsp3) is 0.444. The van der Waals surface area contributed by atoms with E-state index < -0.39 is 23.0 Å². The van der Waals surface area contributed by atoms with Crippen LogP contribution in [0, 0.1) is 11.3 Å². The SMILES string of the molecule is CC(=O)Nc1cccc(C(=O)NC(C)[C@@H](C)C(=O)N2CC[C@](O)(c3ccc(Cl)cc3)C(C)(C)C2)c1. The summed E-state index contributed by atoms with van der Waals surface area (Å²) in [7, 11) is 0. The first-order valence-electron chi connectivity index (χ1n) is 11.8. The largest absolute Gasteiger partial charge is 0.384 e. The number of nitrogens with zero attached hydrogens (tertiary/aromatic N) is 1. The van der Waals surface area contributed by atoms with Crippen molar-refractivity contribution in [1.82, 2.24) is 10.2 Å². The topological polar surface area (TPSA) is 98.7 Å². The Labute approximate surface area is 211 Å². The third-order valence-corrected chi connectivity index (χ3v) is 7.28. The number of anilines is 1. The molecule has 2 aromatic carbocycles. The van der Waals surface area contributed by atoms with E-state index in [0.29, 0.717) is 35.8 Å². The number of nitrogens with one attached hydrogen (secondary N) is 2.